The molecule has 1 unspecified atom stereocenters. The molecule has 110 valence electrons. The molecular formula is C14H17F2NO3. The van der Waals surface area contributed by atoms with E-state index in [2.05, 4.69) is 10.1 Å². The molecular weight excluding hydrogens is 268 g/mol. The van der Waals surface area contributed by atoms with E-state index in [0.29, 0.717) is 18.0 Å². The first kappa shape index (κ1) is 14.7. The largest absolute Gasteiger partial charge is 0.480 e. The quantitative estimate of drug-likeness (QED) is 0.808. The number of hydrogen-bond acceptors (Lipinski definition) is 3. The number of aliphatic carboxylic acids is 1. The molecule has 1 aliphatic rings. The van der Waals surface area contributed by atoms with Gasteiger partial charge in [0, 0.05) is 0 Å². The van der Waals surface area contributed by atoms with Crippen molar-refractivity contribution < 1.29 is 23.4 Å². The highest BCUT2D eigenvalue weighted by Crippen LogP contribution is 2.30. The number of rotatable bonds is 7. The second-order valence-electron chi connectivity index (χ2n) is 5.16. The lowest BCUT2D eigenvalue weighted by Gasteiger charge is -2.27. The molecule has 1 atom stereocenters. The van der Waals surface area contributed by atoms with E-state index in [0.717, 1.165) is 12.8 Å². The van der Waals surface area contributed by atoms with Gasteiger partial charge in [0.25, 0.3) is 0 Å². The van der Waals surface area contributed by atoms with Crippen LogP contribution in [0.1, 0.15) is 25.3 Å². The third-order valence-electron chi connectivity index (χ3n) is 3.53. The molecule has 0 radical (unpaired) electrons. The summed E-state index contributed by atoms with van der Waals surface area (Å²) < 4.78 is 28.4. The van der Waals surface area contributed by atoms with E-state index in [1.54, 1.807) is 6.92 Å². The highest BCUT2D eigenvalue weighted by molar-refractivity contribution is 5.80. The summed E-state index contributed by atoms with van der Waals surface area (Å²) in [6, 6.07) is 5.68. The number of carbonyl (C=O) groups is 1. The van der Waals surface area contributed by atoms with Crippen molar-refractivity contribution >= 4 is 5.97 Å². The van der Waals surface area contributed by atoms with Crippen molar-refractivity contribution in [3.05, 3.63) is 29.8 Å². The van der Waals surface area contributed by atoms with Crippen LogP contribution in [0.15, 0.2) is 24.3 Å². The molecule has 2 rings (SSSR count). The Bertz CT molecular complexity index is 474. The average Bonchev–Trinajstić information content (AvgIpc) is 3.20. The van der Waals surface area contributed by atoms with E-state index < -0.39 is 18.1 Å². The van der Waals surface area contributed by atoms with E-state index in [1.807, 2.05) is 0 Å². The Balaban J connectivity index is 2.13. The molecule has 0 saturated heterocycles. The first-order valence-electron chi connectivity index (χ1n) is 6.45. The van der Waals surface area contributed by atoms with E-state index >= 15 is 0 Å². The molecule has 1 saturated carbocycles. The van der Waals surface area contributed by atoms with E-state index in [9.17, 15) is 18.7 Å². The molecule has 1 aromatic rings. The van der Waals surface area contributed by atoms with Crippen molar-refractivity contribution in [3.8, 4) is 5.75 Å². The van der Waals surface area contributed by atoms with Gasteiger partial charge in [-0.05, 0) is 49.9 Å². The third-order valence-corrected chi connectivity index (χ3v) is 3.53. The molecule has 0 aliphatic heterocycles. The van der Waals surface area contributed by atoms with Gasteiger partial charge in [0.15, 0.2) is 0 Å². The number of halogens is 2. The molecule has 2 N–H and O–H groups in total. The summed E-state index contributed by atoms with van der Waals surface area (Å²) in [5, 5.41) is 12.5. The predicted octanol–water partition coefficient (Wildman–Crippen LogP) is 2.59. The Morgan fingerprint density at radius 3 is 2.50 bits per heavy atom. The normalized spacial score (nSPS) is 17.8. The van der Waals surface area contributed by atoms with Crippen LogP contribution < -0.4 is 10.1 Å². The van der Waals surface area contributed by atoms with Crippen molar-refractivity contribution in [2.75, 3.05) is 6.54 Å². The molecule has 0 heterocycles. The van der Waals surface area contributed by atoms with Crippen LogP contribution in [-0.2, 0) is 10.3 Å². The Hall–Kier alpha value is -1.69. The van der Waals surface area contributed by atoms with Gasteiger partial charge < -0.3 is 9.84 Å². The molecule has 20 heavy (non-hydrogen) atoms. The summed E-state index contributed by atoms with van der Waals surface area (Å²) in [4.78, 5) is 11.5. The number of ether oxygens (including phenoxy) is 1. The number of nitrogens with one attached hydrogen (secondary N) is 1. The number of alkyl halides is 2. The van der Waals surface area contributed by atoms with Gasteiger partial charge >= 0.3 is 12.6 Å². The first-order valence-corrected chi connectivity index (χ1v) is 6.45. The predicted molar refractivity (Wildman–Crippen MR) is 68.8 cm³/mol. The fourth-order valence-electron chi connectivity index (χ4n) is 1.94. The van der Waals surface area contributed by atoms with Gasteiger partial charge in [-0.25, -0.2) is 4.79 Å². The third kappa shape index (κ3) is 3.45. The van der Waals surface area contributed by atoms with Crippen LogP contribution in [0, 0.1) is 5.92 Å². The molecule has 1 fully saturated rings. The average molecular weight is 285 g/mol. The minimum Gasteiger partial charge on any atom is -0.480 e. The first-order chi connectivity index (χ1) is 9.41. The fourth-order valence-corrected chi connectivity index (χ4v) is 1.94. The Labute approximate surface area is 115 Å². The SMILES string of the molecule is CC(NCC1CC1)(C(=O)O)c1ccc(OC(F)F)cc1. The van der Waals surface area contributed by atoms with E-state index in [-0.39, 0.29) is 5.75 Å². The molecule has 6 heteroatoms. The Morgan fingerprint density at radius 2 is 2.05 bits per heavy atom. The minimum atomic E-state index is -2.89. The lowest BCUT2D eigenvalue weighted by atomic mass is 9.92. The second-order valence-corrected chi connectivity index (χ2v) is 5.16. The monoisotopic (exact) mass is 285 g/mol. The summed E-state index contributed by atoms with van der Waals surface area (Å²) in [6.07, 6.45) is 2.23. The fraction of sp³-hybridized carbons (Fsp3) is 0.500. The van der Waals surface area contributed by atoms with E-state index in [1.165, 1.54) is 24.3 Å². The zero-order valence-electron chi connectivity index (χ0n) is 11.1. The molecule has 4 nitrogen and oxygen atoms in total. The lowest BCUT2D eigenvalue weighted by Crippen LogP contribution is -2.47. The van der Waals surface area contributed by atoms with Gasteiger partial charge in [-0.15, -0.1) is 0 Å². The van der Waals surface area contributed by atoms with Crippen molar-refractivity contribution in [1.29, 1.82) is 0 Å². The van der Waals surface area contributed by atoms with Gasteiger partial charge in [0.2, 0.25) is 0 Å². The van der Waals surface area contributed by atoms with Gasteiger partial charge in [-0.3, -0.25) is 5.32 Å². The van der Waals surface area contributed by atoms with E-state index in [4.69, 9.17) is 0 Å². The Morgan fingerprint density at radius 1 is 1.45 bits per heavy atom. The number of carboxylic acids is 1. The highest BCUT2D eigenvalue weighted by Gasteiger charge is 2.36. The minimum absolute atomic E-state index is 0.0127. The second kappa shape index (κ2) is 5.75. The maximum absolute atomic E-state index is 12.1. The van der Waals surface area contributed by atoms with Crippen LogP contribution in [0.3, 0.4) is 0 Å². The van der Waals surface area contributed by atoms with Gasteiger partial charge in [-0.1, -0.05) is 12.1 Å². The van der Waals surface area contributed by atoms with Crippen LogP contribution in [0.25, 0.3) is 0 Å². The zero-order valence-corrected chi connectivity index (χ0v) is 11.1. The van der Waals surface area contributed by atoms with Crippen molar-refractivity contribution in [3.63, 3.8) is 0 Å². The van der Waals surface area contributed by atoms with Gasteiger partial charge in [0.1, 0.15) is 11.3 Å². The van der Waals surface area contributed by atoms with Crippen molar-refractivity contribution in [2.45, 2.75) is 31.9 Å². The molecule has 1 aliphatic carbocycles. The van der Waals surface area contributed by atoms with Crippen LogP contribution in [-0.4, -0.2) is 24.2 Å². The maximum Gasteiger partial charge on any atom is 0.387 e. The summed E-state index contributed by atoms with van der Waals surface area (Å²) >= 11 is 0. The summed E-state index contributed by atoms with van der Waals surface area (Å²) in [5.41, 5.74) is -0.723. The standard InChI is InChI=1S/C14H17F2NO3/c1-14(12(18)19,17-8-9-2-3-9)10-4-6-11(7-5-10)20-13(15)16/h4-7,9,13,17H,2-3,8H2,1H3,(H,18,19). The number of benzene rings is 1. The molecule has 0 bridgehead atoms. The summed E-state index contributed by atoms with van der Waals surface area (Å²) in [5.74, 6) is -0.450. The van der Waals surface area contributed by atoms with Crippen LogP contribution in [0.4, 0.5) is 8.78 Å². The molecule has 0 amide bonds. The molecule has 0 spiro atoms. The highest BCUT2D eigenvalue weighted by atomic mass is 19.3. The summed E-state index contributed by atoms with van der Waals surface area (Å²) in [7, 11) is 0. The number of hydrogen-bond donors (Lipinski definition) is 2. The topological polar surface area (TPSA) is 58.6 Å². The van der Waals surface area contributed by atoms with Crippen LogP contribution >= 0.6 is 0 Å². The van der Waals surface area contributed by atoms with Gasteiger partial charge in [-0.2, -0.15) is 8.78 Å². The number of carboxylic acid groups (broad SMARTS) is 1. The maximum atomic E-state index is 12.1. The van der Waals surface area contributed by atoms with Crippen LogP contribution in [0.5, 0.6) is 5.75 Å². The molecule has 1 aromatic carbocycles. The zero-order chi connectivity index (χ0) is 14.8. The smallest absolute Gasteiger partial charge is 0.387 e. The van der Waals surface area contributed by atoms with Crippen molar-refractivity contribution in [2.24, 2.45) is 5.92 Å². The van der Waals surface area contributed by atoms with Crippen molar-refractivity contribution in [1.82, 2.24) is 5.32 Å². The lowest BCUT2D eigenvalue weighted by molar-refractivity contribution is -0.144. The van der Waals surface area contributed by atoms with Crippen LogP contribution in [0.2, 0.25) is 0 Å². The molecule has 0 aromatic heterocycles. The Kier molecular flexibility index (Phi) is 4.23. The van der Waals surface area contributed by atoms with Gasteiger partial charge in [0.05, 0.1) is 0 Å². The summed E-state index contributed by atoms with van der Waals surface area (Å²) in [6.45, 7) is -0.682.